The highest BCUT2D eigenvalue weighted by atomic mass is 35.5. The van der Waals surface area contributed by atoms with Gasteiger partial charge in [-0.15, -0.1) is 0 Å². The lowest BCUT2D eigenvalue weighted by Gasteiger charge is -2.33. The van der Waals surface area contributed by atoms with Crippen molar-refractivity contribution >= 4 is 34.7 Å². The highest BCUT2D eigenvalue weighted by Gasteiger charge is 2.42. The lowest BCUT2D eigenvalue weighted by Crippen LogP contribution is -2.39. The predicted molar refractivity (Wildman–Crippen MR) is 117 cm³/mol. The number of benzene rings is 2. The molecule has 8 heteroatoms. The summed E-state index contributed by atoms with van der Waals surface area (Å²) in [6, 6.07) is 12.8. The lowest BCUT2D eigenvalue weighted by molar-refractivity contribution is -0.384. The van der Waals surface area contributed by atoms with Crippen molar-refractivity contribution in [2.24, 2.45) is 5.92 Å². The van der Waals surface area contributed by atoms with Gasteiger partial charge in [0.15, 0.2) is 0 Å². The molecule has 0 bridgehead atoms. The van der Waals surface area contributed by atoms with E-state index in [4.69, 9.17) is 11.6 Å². The minimum Gasteiger partial charge on any atom is -0.366 e. The number of hydrogen-bond acceptors (Lipinski definition) is 5. The fraction of sp³-hybridized carbons (Fsp3) is 0.304. The topological polar surface area (TPSA) is 83.8 Å². The standard InChI is InChI=1S/C23H22ClN3O4/c1-15-3-2-12-25(13-15)21-20(17-6-10-19(11-7-17)27(30)31)22(28)26(23(21)29)14-16-4-8-18(24)9-5-16/h4-11,15H,2-3,12-14H2,1H3. The molecule has 1 saturated heterocycles. The summed E-state index contributed by atoms with van der Waals surface area (Å²) >= 11 is 5.95. The van der Waals surface area contributed by atoms with E-state index in [0.717, 1.165) is 18.4 Å². The van der Waals surface area contributed by atoms with Crippen LogP contribution in [0.25, 0.3) is 5.57 Å². The average Bonchev–Trinajstić information content (AvgIpc) is 3.00. The van der Waals surface area contributed by atoms with Crippen LogP contribution in [0, 0.1) is 16.0 Å². The van der Waals surface area contributed by atoms with Crippen LogP contribution in [0.15, 0.2) is 54.2 Å². The number of rotatable bonds is 5. The number of amides is 2. The highest BCUT2D eigenvalue weighted by Crippen LogP contribution is 2.35. The van der Waals surface area contributed by atoms with E-state index in [0.29, 0.717) is 40.9 Å². The third-order valence-electron chi connectivity index (χ3n) is 5.74. The molecule has 0 aromatic heterocycles. The fourth-order valence-corrected chi connectivity index (χ4v) is 4.30. The fourth-order valence-electron chi connectivity index (χ4n) is 4.18. The van der Waals surface area contributed by atoms with Crippen molar-refractivity contribution in [3.63, 3.8) is 0 Å². The summed E-state index contributed by atoms with van der Waals surface area (Å²) in [5.41, 5.74) is 1.94. The summed E-state index contributed by atoms with van der Waals surface area (Å²) in [4.78, 5) is 40.6. The molecule has 160 valence electrons. The van der Waals surface area contributed by atoms with Crippen molar-refractivity contribution in [3.05, 3.63) is 80.5 Å². The van der Waals surface area contributed by atoms with E-state index in [2.05, 4.69) is 6.92 Å². The molecule has 2 heterocycles. The quantitative estimate of drug-likeness (QED) is 0.395. The zero-order valence-corrected chi connectivity index (χ0v) is 17.8. The first-order valence-electron chi connectivity index (χ1n) is 10.2. The first-order valence-corrected chi connectivity index (χ1v) is 10.6. The van der Waals surface area contributed by atoms with Gasteiger partial charge in [0.1, 0.15) is 5.70 Å². The zero-order valence-electron chi connectivity index (χ0n) is 17.1. The number of nitro benzene ring substituents is 1. The Hall–Kier alpha value is -3.19. The van der Waals surface area contributed by atoms with Gasteiger partial charge in [0.05, 0.1) is 17.0 Å². The second kappa shape index (κ2) is 8.51. The summed E-state index contributed by atoms with van der Waals surface area (Å²) in [7, 11) is 0. The lowest BCUT2D eigenvalue weighted by atomic mass is 9.97. The van der Waals surface area contributed by atoms with Gasteiger partial charge in [-0.3, -0.25) is 24.6 Å². The molecule has 0 spiro atoms. The van der Waals surface area contributed by atoms with Crippen molar-refractivity contribution in [2.45, 2.75) is 26.3 Å². The molecule has 2 amide bonds. The van der Waals surface area contributed by atoms with Crippen LogP contribution in [0.1, 0.15) is 30.9 Å². The molecule has 2 aliphatic heterocycles. The van der Waals surface area contributed by atoms with E-state index < -0.39 is 4.92 Å². The second-order valence-electron chi connectivity index (χ2n) is 8.04. The smallest absolute Gasteiger partial charge is 0.278 e. The SMILES string of the molecule is CC1CCCN(C2=C(c3ccc([N+](=O)[O-])cc3)C(=O)N(Cc3ccc(Cl)cc3)C2=O)C1. The maximum atomic E-state index is 13.4. The van der Waals surface area contributed by atoms with Crippen LogP contribution >= 0.6 is 11.6 Å². The Morgan fingerprint density at radius 1 is 1.06 bits per heavy atom. The number of nitrogens with zero attached hydrogens (tertiary/aromatic N) is 3. The zero-order chi connectivity index (χ0) is 22.1. The van der Waals surface area contributed by atoms with E-state index in [1.807, 2.05) is 4.90 Å². The van der Waals surface area contributed by atoms with Gasteiger partial charge in [-0.05, 0) is 54.2 Å². The summed E-state index contributed by atoms with van der Waals surface area (Å²) < 4.78 is 0. The van der Waals surface area contributed by atoms with Gasteiger partial charge in [-0.2, -0.15) is 0 Å². The van der Waals surface area contributed by atoms with Crippen LogP contribution < -0.4 is 0 Å². The Bertz CT molecular complexity index is 1060. The van der Waals surface area contributed by atoms with Crippen LogP contribution in [0.4, 0.5) is 5.69 Å². The van der Waals surface area contributed by atoms with Crippen molar-refractivity contribution in [2.75, 3.05) is 13.1 Å². The molecule has 2 aromatic rings. The van der Waals surface area contributed by atoms with Crippen molar-refractivity contribution in [1.82, 2.24) is 9.80 Å². The first-order chi connectivity index (χ1) is 14.8. The van der Waals surface area contributed by atoms with Gasteiger partial charge in [0.25, 0.3) is 17.5 Å². The maximum Gasteiger partial charge on any atom is 0.278 e. The largest absolute Gasteiger partial charge is 0.366 e. The van der Waals surface area contributed by atoms with Crippen molar-refractivity contribution in [3.8, 4) is 0 Å². The van der Waals surface area contributed by atoms with Gasteiger partial charge in [-0.1, -0.05) is 30.7 Å². The Balaban J connectivity index is 1.73. The molecule has 0 aliphatic carbocycles. The Morgan fingerprint density at radius 2 is 1.74 bits per heavy atom. The number of non-ortho nitro benzene ring substituents is 1. The molecular formula is C23H22ClN3O4. The number of nitro groups is 1. The number of hydrogen-bond donors (Lipinski definition) is 0. The summed E-state index contributed by atoms with van der Waals surface area (Å²) in [6.07, 6.45) is 2.02. The predicted octanol–water partition coefficient (Wildman–Crippen LogP) is 4.26. The molecule has 0 saturated carbocycles. The van der Waals surface area contributed by atoms with Crippen LogP contribution in [0.3, 0.4) is 0 Å². The molecule has 0 radical (unpaired) electrons. The number of halogens is 1. The number of likely N-dealkylation sites (tertiary alicyclic amines) is 1. The van der Waals surface area contributed by atoms with E-state index in [-0.39, 0.29) is 24.0 Å². The van der Waals surface area contributed by atoms with E-state index in [1.54, 1.807) is 24.3 Å². The molecule has 2 aliphatic rings. The van der Waals surface area contributed by atoms with Gasteiger partial charge in [-0.25, -0.2) is 0 Å². The van der Waals surface area contributed by atoms with Crippen LogP contribution in [-0.4, -0.2) is 39.6 Å². The molecule has 0 N–H and O–H groups in total. The molecule has 1 fully saturated rings. The number of carbonyl (C=O) groups is 2. The molecule has 7 nitrogen and oxygen atoms in total. The van der Waals surface area contributed by atoms with Gasteiger partial charge in [0, 0.05) is 30.2 Å². The van der Waals surface area contributed by atoms with Crippen LogP contribution in [-0.2, 0) is 16.1 Å². The van der Waals surface area contributed by atoms with Crippen LogP contribution in [0.2, 0.25) is 5.02 Å². The van der Waals surface area contributed by atoms with Gasteiger partial charge in [0.2, 0.25) is 0 Å². The molecule has 2 aromatic carbocycles. The summed E-state index contributed by atoms with van der Waals surface area (Å²) in [6.45, 7) is 3.66. The van der Waals surface area contributed by atoms with E-state index in [1.165, 1.54) is 29.2 Å². The highest BCUT2D eigenvalue weighted by molar-refractivity contribution is 6.35. The second-order valence-corrected chi connectivity index (χ2v) is 8.48. The van der Waals surface area contributed by atoms with Crippen LogP contribution in [0.5, 0.6) is 0 Å². The molecule has 4 rings (SSSR count). The summed E-state index contributed by atoms with van der Waals surface area (Å²) in [5, 5.41) is 11.6. The Labute approximate surface area is 185 Å². The van der Waals surface area contributed by atoms with Crippen molar-refractivity contribution in [1.29, 1.82) is 0 Å². The monoisotopic (exact) mass is 439 g/mol. The third kappa shape index (κ3) is 4.18. The van der Waals surface area contributed by atoms with E-state index >= 15 is 0 Å². The first kappa shape index (κ1) is 21.1. The molecule has 1 atom stereocenters. The maximum absolute atomic E-state index is 13.4. The number of imide groups is 1. The van der Waals surface area contributed by atoms with Crippen molar-refractivity contribution < 1.29 is 14.5 Å². The normalized spacial score (nSPS) is 19.4. The Kier molecular flexibility index (Phi) is 5.78. The number of carbonyl (C=O) groups excluding carboxylic acids is 2. The molecule has 1 unspecified atom stereocenters. The third-order valence-corrected chi connectivity index (χ3v) is 5.99. The average molecular weight is 440 g/mol. The minimum absolute atomic E-state index is 0.0627. The van der Waals surface area contributed by atoms with E-state index in [9.17, 15) is 19.7 Å². The molecular weight excluding hydrogens is 418 g/mol. The van der Waals surface area contributed by atoms with Gasteiger partial charge >= 0.3 is 0 Å². The van der Waals surface area contributed by atoms with Gasteiger partial charge < -0.3 is 4.90 Å². The minimum atomic E-state index is -0.486. The Morgan fingerprint density at radius 3 is 2.35 bits per heavy atom. The molecule has 31 heavy (non-hydrogen) atoms. The number of piperidine rings is 1. The summed E-state index contributed by atoms with van der Waals surface area (Å²) in [5.74, 6) is -0.308.